The van der Waals surface area contributed by atoms with Crippen molar-refractivity contribution in [3.8, 4) is 0 Å². The molecule has 2 aromatic rings. The number of aromatic nitrogens is 3. The third-order valence-corrected chi connectivity index (χ3v) is 2.62. The highest BCUT2D eigenvalue weighted by Crippen LogP contribution is 2.06. The van der Waals surface area contributed by atoms with Crippen LogP contribution >= 0.6 is 0 Å². The molecule has 94 valence electrons. The molecule has 18 heavy (non-hydrogen) atoms. The number of rotatable bonds is 3. The van der Waals surface area contributed by atoms with Crippen molar-refractivity contribution in [1.29, 1.82) is 0 Å². The summed E-state index contributed by atoms with van der Waals surface area (Å²) in [7, 11) is 0. The molecule has 0 saturated heterocycles. The van der Waals surface area contributed by atoms with Crippen molar-refractivity contribution in [2.24, 2.45) is 5.84 Å². The lowest BCUT2D eigenvalue weighted by molar-refractivity contribution is 0.681. The highest BCUT2D eigenvalue weighted by Gasteiger charge is 2.05. The molecule has 0 atom stereocenters. The second kappa shape index (κ2) is 4.97. The van der Waals surface area contributed by atoms with Gasteiger partial charge in [0.2, 0.25) is 0 Å². The quantitative estimate of drug-likeness (QED) is 0.610. The van der Waals surface area contributed by atoms with Gasteiger partial charge < -0.3 is 5.43 Å². The molecular formula is C12H15N5O. The van der Waals surface area contributed by atoms with Crippen molar-refractivity contribution in [3.63, 3.8) is 0 Å². The summed E-state index contributed by atoms with van der Waals surface area (Å²) in [5.74, 6) is 5.87. The highest BCUT2D eigenvalue weighted by atomic mass is 16.1. The van der Waals surface area contributed by atoms with Gasteiger partial charge >= 0.3 is 5.69 Å². The number of anilines is 1. The Balaban J connectivity index is 2.37. The molecule has 0 bridgehead atoms. The molecular weight excluding hydrogens is 230 g/mol. The smallest absolute Gasteiger partial charge is 0.308 e. The number of nitrogen functional groups attached to an aromatic ring is 1. The van der Waals surface area contributed by atoms with E-state index in [1.807, 2.05) is 25.1 Å². The highest BCUT2D eigenvalue weighted by molar-refractivity contribution is 5.33. The Labute approximate surface area is 104 Å². The molecule has 0 fully saturated rings. The number of nitrogens with two attached hydrogens (primary N) is 1. The Hall–Kier alpha value is -2.21. The van der Waals surface area contributed by atoms with Gasteiger partial charge in [0.1, 0.15) is 5.82 Å². The van der Waals surface area contributed by atoms with Gasteiger partial charge in [0, 0.05) is 11.4 Å². The summed E-state index contributed by atoms with van der Waals surface area (Å²) in [6.45, 7) is 4.06. The summed E-state index contributed by atoms with van der Waals surface area (Å²) >= 11 is 0. The minimum absolute atomic E-state index is 0.264. The fourth-order valence-corrected chi connectivity index (χ4v) is 1.78. The third kappa shape index (κ3) is 2.54. The molecule has 6 nitrogen and oxygen atoms in total. The number of nitrogens with zero attached hydrogens (tertiary/aromatic N) is 3. The minimum atomic E-state index is -0.264. The number of hydrazine groups is 1. The van der Waals surface area contributed by atoms with Gasteiger partial charge in [-0.25, -0.2) is 15.6 Å². The van der Waals surface area contributed by atoms with Crippen molar-refractivity contribution >= 4 is 5.82 Å². The number of pyridine rings is 1. The second-order valence-electron chi connectivity index (χ2n) is 4.07. The lowest BCUT2D eigenvalue weighted by atomic mass is 10.3. The van der Waals surface area contributed by atoms with E-state index >= 15 is 0 Å². The molecule has 0 unspecified atom stereocenters. The van der Waals surface area contributed by atoms with Gasteiger partial charge in [-0.2, -0.15) is 4.98 Å². The Morgan fingerprint density at radius 1 is 1.33 bits per heavy atom. The van der Waals surface area contributed by atoms with Crippen LogP contribution in [0.5, 0.6) is 0 Å². The molecule has 0 spiro atoms. The lowest BCUT2D eigenvalue weighted by Gasteiger charge is -2.10. The van der Waals surface area contributed by atoms with Gasteiger partial charge in [-0.3, -0.25) is 4.57 Å². The number of hydrogen-bond donors (Lipinski definition) is 2. The van der Waals surface area contributed by atoms with E-state index in [-0.39, 0.29) is 5.69 Å². The SMILES string of the molecule is Cc1cc(C)n(Cc2cccc(NN)n2)c(=O)n1. The maximum absolute atomic E-state index is 11.8. The van der Waals surface area contributed by atoms with E-state index in [0.717, 1.165) is 17.1 Å². The fourth-order valence-electron chi connectivity index (χ4n) is 1.78. The van der Waals surface area contributed by atoms with Gasteiger partial charge in [0.15, 0.2) is 0 Å². The summed E-state index contributed by atoms with van der Waals surface area (Å²) in [6, 6.07) is 7.30. The van der Waals surface area contributed by atoms with E-state index in [0.29, 0.717) is 12.4 Å². The molecule has 0 amide bonds. The van der Waals surface area contributed by atoms with Crippen LogP contribution < -0.4 is 17.0 Å². The largest absolute Gasteiger partial charge is 0.348 e. The van der Waals surface area contributed by atoms with E-state index in [2.05, 4.69) is 15.4 Å². The van der Waals surface area contributed by atoms with E-state index in [1.165, 1.54) is 0 Å². The Bertz CT molecular complexity index is 620. The zero-order chi connectivity index (χ0) is 13.1. The van der Waals surface area contributed by atoms with Crippen molar-refractivity contribution in [2.75, 3.05) is 5.43 Å². The van der Waals surface area contributed by atoms with E-state index in [9.17, 15) is 4.79 Å². The Kier molecular flexibility index (Phi) is 3.38. The fraction of sp³-hybridized carbons (Fsp3) is 0.250. The topological polar surface area (TPSA) is 85.8 Å². The van der Waals surface area contributed by atoms with Crippen molar-refractivity contribution < 1.29 is 0 Å². The molecule has 0 aliphatic heterocycles. The molecule has 6 heteroatoms. The monoisotopic (exact) mass is 245 g/mol. The second-order valence-corrected chi connectivity index (χ2v) is 4.07. The van der Waals surface area contributed by atoms with Crippen LogP contribution in [0.25, 0.3) is 0 Å². The number of nitrogens with one attached hydrogen (secondary N) is 1. The molecule has 0 radical (unpaired) electrons. The third-order valence-electron chi connectivity index (χ3n) is 2.62. The van der Waals surface area contributed by atoms with Gasteiger partial charge in [0.05, 0.1) is 12.2 Å². The van der Waals surface area contributed by atoms with E-state index in [4.69, 9.17) is 5.84 Å². The lowest BCUT2D eigenvalue weighted by Crippen LogP contribution is -2.26. The van der Waals surface area contributed by atoms with Crippen LogP contribution in [0.15, 0.2) is 29.1 Å². The first-order valence-electron chi connectivity index (χ1n) is 5.58. The average Bonchev–Trinajstić information content (AvgIpc) is 2.34. The van der Waals surface area contributed by atoms with Gasteiger partial charge in [-0.15, -0.1) is 0 Å². The first kappa shape index (κ1) is 12.3. The summed E-state index contributed by atoms with van der Waals surface area (Å²) in [6.07, 6.45) is 0. The average molecular weight is 245 g/mol. The maximum Gasteiger partial charge on any atom is 0.348 e. The number of hydrogen-bond acceptors (Lipinski definition) is 5. The van der Waals surface area contributed by atoms with Crippen LogP contribution in [0.3, 0.4) is 0 Å². The molecule has 0 aliphatic rings. The van der Waals surface area contributed by atoms with Crippen molar-refractivity contribution in [3.05, 3.63) is 51.8 Å². The van der Waals surface area contributed by atoms with Crippen molar-refractivity contribution in [1.82, 2.24) is 14.5 Å². The van der Waals surface area contributed by atoms with Gasteiger partial charge in [-0.05, 0) is 32.0 Å². The van der Waals surface area contributed by atoms with Crippen LogP contribution in [0, 0.1) is 13.8 Å². The standard InChI is InChI=1S/C12H15N5O/c1-8-6-9(2)17(12(18)14-8)7-10-4-3-5-11(15-10)16-13/h3-6H,7,13H2,1-2H3,(H,15,16). The summed E-state index contributed by atoms with van der Waals surface area (Å²) < 4.78 is 1.58. The zero-order valence-electron chi connectivity index (χ0n) is 10.3. The molecule has 0 saturated carbocycles. The normalized spacial score (nSPS) is 10.4. The van der Waals surface area contributed by atoms with Crippen LogP contribution in [0.1, 0.15) is 17.1 Å². The van der Waals surface area contributed by atoms with E-state index < -0.39 is 0 Å². The maximum atomic E-state index is 11.8. The predicted octanol–water partition coefficient (Wildman–Crippen LogP) is 0.589. The summed E-state index contributed by atoms with van der Waals surface area (Å²) in [4.78, 5) is 20.0. The molecule has 2 heterocycles. The molecule has 3 N–H and O–H groups in total. The van der Waals surface area contributed by atoms with E-state index in [1.54, 1.807) is 17.6 Å². The summed E-state index contributed by atoms with van der Waals surface area (Å²) in [5.41, 5.74) is 4.55. The van der Waals surface area contributed by atoms with Crippen LogP contribution in [0.4, 0.5) is 5.82 Å². The summed E-state index contributed by atoms with van der Waals surface area (Å²) in [5, 5.41) is 0. The zero-order valence-corrected chi connectivity index (χ0v) is 10.3. The molecule has 0 aliphatic carbocycles. The minimum Gasteiger partial charge on any atom is -0.308 e. The first-order valence-corrected chi connectivity index (χ1v) is 5.58. The van der Waals surface area contributed by atoms with Crippen LogP contribution in [0.2, 0.25) is 0 Å². The van der Waals surface area contributed by atoms with Gasteiger partial charge in [-0.1, -0.05) is 6.07 Å². The Morgan fingerprint density at radius 3 is 2.78 bits per heavy atom. The van der Waals surface area contributed by atoms with Crippen molar-refractivity contribution in [2.45, 2.75) is 20.4 Å². The molecule has 2 rings (SSSR count). The van der Waals surface area contributed by atoms with Crippen LogP contribution in [-0.4, -0.2) is 14.5 Å². The number of aryl methyl sites for hydroxylation is 2. The van der Waals surface area contributed by atoms with Gasteiger partial charge in [0.25, 0.3) is 0 Å². The predicted molar refractivity (Wildman–Crippen MR) is 69.1 cm³/mol. The molecule has 0 aromatic carbocycles. The first-order chi connectivity index (χ1) is 8.60. The molecule has 2 aromatic heterocycles. The van der Waals surface area contributed by atoms with Crippen LogP contribution in [-0.2, 0) is 6.54 Å². The Morgan fingerprint density at radius 2 is 2.11 bits per heavy atom.